The number of hydrogen-bond donors (Lipinski definition) is 1. The first-order valence-corrected chi connectivity index (χ1v) is 13.3. The molecule has 10 heteroatoms. The Kier molecular flexibility index (Phi) is 5.86. The van der Waals surface area contributed by atoms with Crippen LogP contribution < -0.4 is 15.0 Å². The SMILES string of the molecule is COc1ccc(-c2nc(NC(=O)c3ccc4c(c3)S(=O)(=O)N=C3CCCCCN34)sc2C)cc1. The standard InChI is InChI=1S/C24H24N4O4S2/c1-15-22(16-7-10-18(32-2)11-8-16)25-24(33-15)26-23(29)17-9-12-19-20(14-17)34(30,31)27-21-6-4-3-5-13-28(19)21/h7-12,14H,3-6,13H2,1-2H3,(H,25,26,29). The topological polar surface area (TPSA) is 101 Å². The smallest absolute Gasteiger partial charge is 0.286 e. The fraction of sp³-hybridized carbons (Fsp3) is 0.292. The predicted molar refractivity (Wildman–Crippen MR) is 134 cm³/mol. The maximum absolute atomic E-state index is 13.0. The van der Waals surface area contributed by atoms with Crippen LogP contribution in [0.25, 0.3) is 11.3 Å². The fourth-order valence-corrected chi connectivity index (χ4v) is 6.37. The van der Waals surface area contributed by atoms with Crippen molar-refractivity contribution in [3.8, 4) is 17.0 Å². The first-order valence-electron chi connectivity index (χ1n) is 11.0. The van der Waals surface area contributed by atoms with Gasteiger partial charge in [-0.1, -0.05) is 6.42 Å². The van der Waals surface area contributed by atoms with Crippen LogP contribution in [-0.2, 0) is 10.0 Å². The van der Waals surface area contributed by atoms with E-state index in [9.17, 15) is 13.2 Å². The largest absolute Gasteiger partial charge is 0.497 e. The van der Waals surface area contributed by atoms with Crippen molar-refractivity contribution in [2.75, 3.05) is 23.9 Å². The average molecular weight is 497 g/mol. The summed E-state index contributed by atoms with van der Waals surface area (Å²) in [5, 5.41) is 3.26. The van der Waals surface area contributed by atoms with E-state index in [1.54, 1.807) is 19.2 Å². The molecule has 0 saturated carbocycles. The molecule has 1 fully saturated rings. The number of hydrogen-bond acceptors (Lipinski definition) is 7. The highest BCUT2D eigenvalue weighted by Gasteiger charge is 2.32. The van der Waals surface area contributed by atoms with Gasteiger partial charge in [0.25, 0.3) is 15.9 Å². The lowest BCUT2D eigenvalue weighted by Crippen LogP contribution is -2.35. The summed E-state index contributed by atoms with van der Waals surface area (Å²) in [5.74, 6) is 0.925. The molecule has 5 rings (SSSR count). The summed E-state index contributed by atoms with van der Waals surface area (Å²) in [5.41, 5.74) is 2.53. The van der Waals surface area contributed by atoms with E-state index in [0.717, 1.165) is 47.7 Å². The van der Waals surface area contributed by atoms with Gasteiger partial charge in [0.05, 0.1) is 18.5 Å². The minimum Gasteiger partial charge on any atom is -0.497 e. The number of nitrogens with one attached hydrogen (secondary N) is 1. The fourth-order valence-electron chi connectivity index (χ4n) is 4.26. The zero-order chi connectivity index (χ0) is 23.9. The summed E-state index contributed by atoms with van der Waals surface area (Å²) in [6.07, 6.45) is 3.57. The summed E-state index contributed by atoms with van der Waals surface area (Å²) < 4.78 is 35.0. The molecular weight excluding hydrogens is 472 g/mol. The van der Waals surface area contributed by atoms with Crippen LogP contribution in [0.4, 0.5) is 10.8 Å². The first kappa shape index (κ1) is 22.5. The minimum atomic E-state index is -3.86. The maximum atomic E-state index is 13.0. The quantitative estimate of drug-likeness (QED) is 0.554. The van der Waals surface area contributed by atoms with Gasteiger partial charge in [0, 0.05) is 29.0 Å². The number of aryl methyl sites for hydroxylation is 1. The summed E-state index contributed by atoms with van der Waals surface area (Å²) in [6.45, 7) is 2.66. The van der Waals surface area contributed by atoms with Crippen molar-refractivity contribution in [2.24, 2.45) is 4.40 Å². The van der Waals surface area contributed by atoms with Gasteiger partial charge >= 0.3 is 0 Å². The van der Waals surface area contributed by atoms with E-state index in [1.165, 1.54) is 17.4 Å². The zero-order valence-electron chi connectivity index (χ0n) is 18.9. The second-order valence-electron chi connectivity index (χ2n) is 8.23. The van der Waals surface area contributed by atoms with Crippen molar-refractivity contribution < 1.29 is 17.9 Å². The van der Waals surface area contributed by atoms with Gasteiger partial charge in [0.15, 0.2) is 5.13 Å². The Morgan fingerprint density at radius 3 is 2.68 bits per heavy atom. The third kappa shape index (κ3) is 4.19. The summed E-state index contributed by atoms with van der Waals surface area (Å²) >= 11 is 1.37. The number of methoxy groups -OCH3 is 1. The normalized spacial score (nSPS) is 16.6. The summed E-state index contributed by atoms with van der Waals surface area (Å²) in [6, 6.07) is 12.3. The molecule has 176 valence electrons. The average Bonchev–Trinajstić information content (AvgIpc) is 3.03. The Balaban J connectivity index is 1.41. The molecule has 2 aliphatic heterocycles. The highest BCUT2D eigenvalue weighted by molar-refractivity contribution is 7.90. The molecule has 0 bridgehead atoms. The van der Waals surface area contributed by atoms with Crippen molar-refractivity contribution in [1.82, 2.24) is 4.98 Å². The van der Waals surface area contributed by atoms with Gasteiger partial charge in [-0.25, -0.2) is 4.98 Å². The number of benzene rings is 2. The van der Waals surface area contributed by atoms with Crippen LogP contribution in [0.3, 0.4) is 0 Å². The molecule has 0 radical (unpaired) electrons. The van der Waals surface area contributed by atoms with Gasteiger partial charge in [-0.3, -0.25) is 10.1 Å². The summed E-state index contributed by atoms with van der Waals surface area (Å²) in [4.78, 5) is 20.6. The van der Waals surface area contributed by atoms with Gasteiger partial charge in [0.2, 0.25) is 0 Å². The highest BCUT2D eigenvalue weighted by atomic mass is 32.2. The molecule has 3 heterocycles. The van der Waals surface area contributed by atoms with E-state index in [2.05, 4.69) is 14.7 Å². The van der Waals surface area contributed by atoms with Gasteiger partial charge in [-0.05, 0) is 62.2 Å². The van der Waals surface area contributed by atoms with Crippen molar-refractivity contribution >= 4 is 43.9 Å². The van der Waals surface area contributed by atoms with Gasteiger partial charge < -0.3 is 9.64 Å². The van der Waals surface area contributed by atoms with Crippen molar-refractivity contribution in [3.05, 3.63) is 52.9 Å². The number of rotatable bonds is 4. The molecule has 1 saturated heterocycles. The molecule has 34 heavy (non-hydrogen) atoms. The van der Waals surface area contributed by atoms with Gasteiger partial charge in [0.1, 0.15) is 16.5 Å². The first-order chi connectivity index (χ1) is 16.4. The lowest BCUT2D eigenvalue weighted by atomic mass is 10.1. The van der Waals surface area contributed by atoms with Crippen LogP contribution in [-0.4, -0.2) is 38.8 Å². The van der Waals surface area contributed by atoms with Gasteiger partial charge in [-0.15, -0.1) is 15.7 Å². The number of fused-ring (bicyclic) bond motifs is 3. The lowest BCUT2D eigenvalue weighted by molar-refractivity contribution is 0.102. The van der Waals surface area contributed by atoms with Crippen molar-refractivity contribution in [3.63, 3.8) is 0 Å². The summed E-state index contributed by atoms with van der Waals surface area (Å²) in [7, 11) is -2.25. The molecule has 0 atom stereocenters. The van der Waals surface area contributed by atoms with Gasteiger partial charge in [-0.2, -0.15) is 8.42 Å². The third-order valence-electron chi connectivity index (χ3n) is 5.99. The van der Waals surface area contributed by atoms with Crippen LogP contribution in [0.5, 0.6) is 5.75 Å². The number of carbonyl (C=O) groups is 1. The van der Waals surface area contributed by atoms with Crippen LogP contribution >= 0.6 is 11.3 Å². The van der Waals surface area contributed by atoms with E-state index in [4.69, 9.17) is 4.74 Å². The van der Waals surface area contributed by atoms with E-state index in [0.29, 0.717) is 23.1 Å². The van der Waals surface area contributed by atoms with E-state index in [1.807, 2.05) is 36.1 Å². The Morgan fingerprint density at radius 1 is 1.12 bits per heavy atom. The molecule has 2 aromatic carbocycles. The molecule has 1 aromatic heterocycles. The molecular formula is C24H24N4O4S2. The molecule has 0 spiro atoms. The number of aromatic nitrogens is 1. The van der Waals surface area contributed by atoms with Crippen LogP contribution in [0.1, 0.15) is 40.9 Å². The molecule has 2 aliphatic rings. The molecule has 0 aliphatic carbocycles. The number of amidine groups is 1. The van der Waals surface area contributed by atoms with Crippen molar-refractivity contribution in [2.45, 2.75) is 37.5 Å². The van der Waals surface area contributed by atoms with Crippen molar-refractivity contribution in [1.29, 1.82) is 0 Å². The lowest BCUT2D eigenvalue weighted by Gasteiger charge is -2.29. The molecule has 1 N–H and O–H groups in total. The Hall–Kier alpha value is -3.24. The molecule has 1 amide bonds. The van der Waals surface area contributed by atoms with E-state index >= 15 is 0 Å². The number of anilines is 2. The molecule has 3 aromatic rings. The number of ether oxygens (including phenoxy) is 1. The van der Waals surface area contributed by atoms with E-state index in [-0.39, 0.29) is 10.5 Å². The highest BCUT2D eigenvalue weighted by Crippen LogP contribution is 2.36. The zero-order valence-corrected chi connectivity index (χ0v) is 20.5. The second kappa shape index (κ2) is 8.84. The van der Waals surface area contributed by atoms with E-state index < -0.39 is 15.9 Å². The third-order valence-corrected chi connectivity index (χ3v) is 8.21. The van der Waals surface area contributed by atoms with Crippen LogP contribution in [0, 0.1) is 6.92 Å². The number of thiazole rings is 1. The number of nitrogens with zero attached hydrogens (tertiary/aromatic N) is 3. The Labute approximate surface area is 202 Å². The predicted octanol–water partition coefficient (Wildman–Crippen LogP) is 4.86. The Bertz CT molecular complexity index is 1390. The number of amides is 1. The number of carbonyl (C=O) groups excluding carboxylic acids is 1. The maximum Gasteiger partial charge on any atom is 0.286 e. The molecule has 8 nitrogen and oxygen atoms in total. The Morgan fingerprint density at radius 2 is 1.91 bits per heavy atom. The molecule has 0 unspecified atom stereocenters. The monoisotopic (exact) mass is 496 g/mol. The van der Waals surface area contributed by atoms with Crippen LogP contribution in [0.15, 0.2) is 51.8 Å². The number of sulfonamides is 1. The minimum absolute atomic E-state index is 0.0695. The van der Waals surface area contributed by atoms with Crippen LogP contribution in [0.2, 0.25) is 0 Å². The second-order valence-corrected chi connectivity index (χ2v) is 11.0.